The van der Waals surface area contributed by atoms with Gasteiger partial charge in [0.25, 0.3) is 5.91 Å². The molecule has 2 aromatic rings. The predicted molar refractivity (Wildman–Crippen MR) is 115 cm³/mol. The Morgan fingerprint density at radius 3 is 2.40 bits per heavy atom. The molecule has 30 heavy (non-hydrogen) atoms. The van der Waals surface area contributed by atoms with Crippen molar-refractivity contribution in [3.63, 3.8) is 0 Å². The molecule has 0 bridgehead atoms. The van der Waals surface area contributed by atoms with Gasteiger partial charge in [0.05, 0.1) is 13.5 Å². The summed E-state index contributed by atoms with van der Waals surface area (Å²) in [4.78, 5) is 26.2. The summed E-state index contributed by atoms with van der Waals surface area (Å²) in [5.74, 6) is 0.574. The molecule has 1 saturated carbocycles. The molecular weight excluding hydrogens is 380 g/mol. The predicted octanol–water partition coefficient (Wildman–Crippen LogP) is 3.46. The van der Waals surface area contributed by atoms with Crippen LogP contribution >= 0.6 is 0 Å². The standard InChI is InChI=1S/C24H30N2O4/c1-29-22-14-19(12-13-21(22)30-17-23(25)27)16-26(20-10-6-3-7-11-20)24(28)15-18-8-4-2-5-9-18/h2,4-5,8-9,12-14,20H,3,6-7,10-11,15-17H2,1H3,(H2,25,27). The van der Waals surface area contributed by atoms with Crippen LogP contribution in [0.2, 0.25) is 0 Å². The van der Waals surface area contributed by atoms with Gasteiger partial charge in [-0.05, 0) is 36.1 Å². The maximum absolute atomic E-state index is 13.2. The Morgan fingerprint density at radius 2 is 1.73 bits per heavy atom. The van der Waals surface area contributed by atoms with Crippen molar-refractivity contribution >= 4 is 11.8 Å². The first-order valence-corrected chi connectivity index (χ1v) is 10.5. The Balaban J connectivity index is 1.78. The number of amides is 2. The summed E-state index contributed by atoms with van der Waals surface area (Å²) in [6.45, 7) is 0.308. The minimum Gasteiger partial charge on any atom is -0.493 e. The number of ether oxygens (including phenoxy) is 2. The summed E-state index contributed by atoms with van der Waals surface area (Å²) in [7, 11) is 1.55. The van der Waals surface area contributed by atoms with Crippen LogP contribution in [0, 0.1) is 0 Å². The van der Waals surface area contributed by atoms with Crippen LogP contribution in [-0.4, -0.2) is 36.5 Å². The number of hydrogen-bond acceptors (Lipinski definition) is 4. The van der Waals surface area contributed by atoms with E-state index in [-0.39, 0.29) is 18.6 Å². The van der Waals surface area contributed by atoms with Crippen molar-refractivity contribution in [3.05, 3.63) is 59.7 Å². The van der Waals surface area contributed by atoms with E-state index in [1.165, 1.54) is 6.42 Å². The average Bonchev–Trinajstić information content (AvgIpc) is 2.77. The molecule has 0 unspecified atom stereocenters. The number of primary amides is 1. The monoisotopic (exact) mass is 410 g/mol. The zero-order valence-electron chi connectivity index (χ0n) is 17.5. The van der Waals surface area contributed by atoms with Crippen molar-refractivity contribution in [2.75, 3.05) is 13.7 Å². The summed E-state index contributed by atoms with van der Waals surface area (Å²) in [5.41, 5.74) is 7.15. The van der Waals surface area contributed by atoms with E-state index in [0.717, 1.165) is 36.8 Å². The number of carbonyl (C=O) groups is 2. The van der Waals surface area contributed by atoms with Gasteiger partial charge in [0, 0.05) is 12.6 Å². The largest absolute Gasteiger partial charge is 0.493 e. The molecule has 1 aliphatic rings. The third-order valence-electron chi connectivity index (χ3n) is 5.48. The number of nitrogens with two attached hydrogens (primary N) is 1. The van der Waals surface area contributed by atoms with Gasteiger partial charge in [-0.3, -0.25) is 9.59 Å². The van der Waals surface area contributed by atoms with Gasteiger partial charge in [0.1, 0.15) is 0 Å². The van der Waals surface area contributed by atoms with Crippen molar-refractivity contribution in [1.82, 2.24) is 4.90 Å². The van der Waals surface area contributed by atoms with Gasteiger partial charge in [0.2, 0.25) is 5.91 Å². The summed E-state index contributed by atoms with van der Waals surface area (Å²) >= 11 is 0. The second-order valence-electron chi connectivity index (χ2n) is 7.72. The Labute approximate surface area is 178 Å². The van der Waals surface area contributed by atoms with E-state index >= 15 is 0 Å². The van der Waals surface area contributed by atoms with Crippen molar-refractivity contribution in [1.29, 1.82) is 0 Å². The third kappa shape index (κ3) is 5.99. The zero-order chi connectivity index (χ0) is 21.3. The smallest absolute Gasteiger partial charge is 0.255 e. The van der Waals surface area contributed by atoms with Crippen molar-refractivity contribution in [2.24, 2.45) is 5.73 Å². The lowest BCUT2D eigenvalue weighted by atomic mass is 9.93. The molecule has 2 aromatic carbocycles. The number of hydrogen-bond donors (Lipinski definition) is 1. The van der Waals surface area contributed by atoms with Gasteiger partial charge < -0.3 is 20.1 Å². The molecule has 0 atom stereocenters. The molecule has 0 saturated heterocycles. The van der Waals surface area contributed by atoms with Gasteiger partial charge in [-0.25, -0.2) is 0 Å². The molecule has 2 N–H and O–H groups in total. The molecular formula is C24H30N2O4. The summed E-state index contributed by atoms with van der Waals surface area (Å²) in [6.07, 6.45) is 6.02. The number of nitrogens with zero attached hydrogens (tertiary/aromatic N) is 1. The molecule has 2 amide bonds. The first-order chi connectivity index (χ1) is 14.6. The fourth-order valence-electron chi connectivity index (χ4n) is 3.96. The molecule has 3 rings (SSSR count). The lowest BCUT2D eigenvalue weighted by Gasteiger charge is -2.35. The van der Waals surface area contributed by atoms with Crippen LogP contribution in [0.15, 0.2) is 48.5 Å². The highest BCUT2D eigenvalue weighted by Crippen LogP contribution is 2.30. The Kier molecular flexibility index (Phi) is 7.71. The molecule has 0 aromatic heterocycles. The molecule has 6 nitrogen and oxygen atoms in total. The fraction of sp³-hybridized carbons (Fsp3) is 0.417. The van der Waals surface area contributed by atoms with E-state index in [2.05, 4.69) is 0 Å². The average molecular weight is 411 g/mol. The van der Waals surface area contributed by atoms with Crippen LogP contribution in [0.4, 0.5) is 0 Å². The van der Waals surface area contributed by atoms with Crippen LogP contribution in [0.25, 0.3) is 0 Å². The van der Waals surface area contributed by atoms with E-state index in [1.807, 2.05) is 47.4 Å². The first kappa shape index (κ1) is 21.7. The minimum absolute atomic E-state index is 0.140. The van der Waals surface area contributed by atoms with Gasteiger partial charge in [-0.15, -0.1) is 0 Å². The second-order valence-corrected chi connectivity index (χ2v) is 7.72. The number of methoxy groups -OCH3 is 1. The zero-order valence-corrected chi connectivity index (χ0v) is 17.5. The van der Waals surface area contributed by atoms with E-state index < -0.39 is 5.91 Å². The van der Waals surface area contributed by atoms with Crippen LogP contribution in [0.5, 0.6) is 11.5 Å². The van der Waals surface area contributed by atoms with Crippen molar-refractivity contribution in [2.45, 2.75) is 51.1 Å². The Morgan fingerprint density at radius 1 is 1.00 bits per heavy atom. The quantitative estimate of drug-likeness (QED) is 0.686. The van der Waals surface area contributed by atoms with Crippen LogP contribution in [0.3, 0.4) is 0 Å². The lowest BCUT2D eigenvalue weighted by molar-refractivity contribution is -0.134. The van der Waals surface area contributed by atoms with E-state index in [9.17, 15) is 9.59 Å². The second kappa shape index (κ2) is 10.7. The van der Waals surface area contributed by atoms with Crippen LogP contribution < -0.4 is 15.2 Å². The van der Waals surface area contributed by atoms with Gasteiger partial charge in [-0.2, -0.15) is 0 Å². The van der Waals surface area contributed by atoms with Gasteiger partial charge in [0.15, 0.2) is 18.1 Å². The third-order valence-corrected chi connectivity index (χ3v) is 5.48. The molecule has 0 heterocycles. The van der Waals surface area contributed by atoms with E-state index in [4.69, 9.17) is 15.2 Å². The summed E-state index contributed by atoms with van der Waals surface area (Å²) in [5, 5.41) is 0. The Bertz CT molecular complexity index is 848. The maximum Gasteiger partial charge on any atom is 0.255 e. The molecule has 0 spiro atoms. The van der Waals surface area contributed by atoms with Gasteiger partial charge in [-0.1, -0.05) is 55.7 Å². The summed E-state index contributed by atoms with van der Waals surface area (Å²) < 4.78 is 10.8. The van der Waals surface area contributed by atoms with Crippen LogP contribution in [-0.2, 0) is 22.6 Å². The lowest BCUT2D eigenvalue weighted by Crippen LogP contribution is -2.41. The number of benzene rings is 2. The molecule has 1 aliphatic carbocycles. The molecule has 160 valence electrons. The number of rotatable bonds is 9. The molecule has 6 heteroatoms. The van der Waals surface area contributed by atoms with Crippen molar-refractivity contribution in [3.8, 4) is 11.5 Å². The van der Waals surface area contributed by atoms with E-state index in [1.54, 1.807) is 13.2 Å². The highest BCUT2D eigenvalue weighted by molar-refractivity contribution is 5.79. The first-order valence-electron chi connectivity index (χ1n) is 10.5. The molecule has 0 aliphatic heterocycles. The minimum atomic E-state index is -0.545. The SMILES string of the molecule is COc1cc(CN(C(=O)Cc2ccccc2)C2CCCCC2)ccc1OCC(N)=O. The van der Waals surface area contributed by atoms with Crippen molar-refractivity contribution < 1.29 is 19.1 Å². The van der Waals surface area contributed by atoms with Crippen LogP contribution in [0.1, 0.15) is 43.2 Å². The highest BCUT2D eigenvalue weighted by Gasteiger charge is 2.26. The highest BCUT2D eigenvalue weighted by atomic mass is 16.5. The number of carbonyl (C=O) groups excluding carboxylic acids is 2. The Hall–Kier alpha value is -3.02. The fourth-order valence-corrected chi connectivity index (χ4v) is 3.96. The van der Waals surface area contributed by atoms with Gasteiger partial charge >= 0.3 is 0 Å². The topological polar surface area (TPSA) is 81.9 Å². The summed E-state index contributed by atoms with van der Waals surface area (Å²) in [6, 6.07) is 15.7. The van der Waals surface area contributed by atoms with E-state index in [0.29, 0.717) is 24.5 Å². The maximum atomic E-state index is 13.2. The molecule has 1 fully saturated rings. The molecule has 0 radical (unpaired) electrons. The normalized spacial score (nSPS) is 14.2.